The molecule has 0 radical (unpaired) electrons. The summed E-state index contributed by atoms with van der Waals surface area (Å²) < 4.78 is 0. The number of fused-ring (bicyclic) bond motifs is 2. The first-order chi connectivity index (χ1) is 14.6. The molecule has 1 heterocycles. The summed E-state index contributed by atoms with van der Waals surface area (Å²) in [5.41, 5.74) is 7.04. The number of hydrogen-bond donors (Lipinski definition) is 1. The second-order valence-electron chi connectivity index (χ2n) is 8.74. The van der Waals surface area contributed by atoms with Gasteiger partial charge >= 0.3 is 0 Å². The lowest BCUT2D eigenvalue weighted by atomic mass is 9.86. The van der Waals surface area contributed by atoms with E-state index >= 15 is 0 Å². The van der Waals surface area contributed by atoms with Gasteiger partial charge in [-0.3, -0.25) is 4.79 Å². The zero-order valence-electron chi connectivity index (χ0n) is 18.4. The van der Waals surface area contributed by atoms with Crippen molar-refractivity contribution in [1.82, 2.24) is 4.90 Å². The molecule has 30 heavy (non-hydrogen) atoms. The molecule has 2 aromatic carbocycles. The van der Waals surface area contributed by atoms with Crippen molar-refractivity contribution in [3.63, 3.8) is 0 Å². The van der Waals surface area contributed by atoms with Gasteiger partial charge in [0.1, 0.15) is 0 Å². The van der Waals surface area contributed by atoms with Gasteiger partial charge in [-0.15, -0.1) is 11.8 Å². The summed E-state index contributed by atoms with van der Waals surface area (Å²) in [5.74, 6) is 1.24. The highest BCUT2D eigenvalue weighted by Gasteiger charge is 2.25. The fourth-order valence-electron chi connectivity index (χ4n) is 4.94. The monoisotopic (exact) mass is 422 g/mol. The predicted octanol–water partition coefficient (Wildman–Crippen LogP) is 5.50. The smallest absolute Gasteiger partial charge is 0.221 e. The van der Waals surface area contributed by atoms with Crippen LogP contribution in [0.4, 0.5) is 5.69 Å². The first-order valence-electron chi connectivity index (χ1n) is 11.5. The maximum atomic E-state index is 11.2. The second kappa shape index (κ2) is 10.0. The van der Waals surface area contributed by atoms with Gasteiger partial charge in [-0.25, -0.2) is 0 Å². The normalized spacial score (nSPS) is 17.6. The standard InChI is InChI=1S/C26H34N2OS/c1-3-13-28(14-4-5-20-6-9-24(10-7-20)27-19(2)29)25-11-8-21-16-22-12-15-30-26(22)18-23(21)17-25/h6-7,9-10,16,18,25H,3-5,8,11-15,17H2,1-2H3,(H,27,29). The van der Waals surface area contributed by atoms with Gasteiger partial charge in [-0.05, 0) is 98.5 Å². The summed E-state index contributed by atoms with van der Waals surface area (Å²) in [4.78, 5) is 15.5. The van der Waals surface area contributed by atoms with E-state index < -0.39 is 0 Å². The highest BCUT2D eigenvalue weighted by Crippen LogP contribution is 2.36. The second-order valence-corrected chi connectivity index (χ2v) is 9.88. The van der Waals surface area contributed by atoms with Crippen molar-refractivity contribution in [3.05, 3.63) is 58.7 Å². The molecule has 4 heteroatoms. The first-order valence-corrected chi connectivity index (χ1v) is 12.5. The van der Waals surface area contributed by atoms with Crippen molar-refractivity contribution in [2.24, 2.45) is 0 Å². The van der Waals surface area contributed by atoms with Crippen LogP contribution in [0, 0.1) is 0 Å². The Bertz CT molecular complexity index is 877. The summed E-state index contributed by atoms with van der Waals surface area (Å²) in [7, 11) is 0. The molecule has 160 valence electrons. The number of aryl methyl sites for hydroxylation is 3. The van der Waals surface area contributed by atoms with Crippen LogP contribution < -0.4 is 5.32 Å². The maximum Gasteiger partial charge on any atom is 0.221 e. The van der Waals surface area contributed by atoms with E-state index in [2.05, 4.69) is 41.4 Å². The highest BCUT2D eigenvalue weighted by atomic mass is 32.2. The summed E-state index contributed by atoms with van der Waals surface area (Å²) >= 11 is 2.04. The van der Waals surface area contributed by atoms with Gasteiger partial charge in [0.25, 0.3) is 0 Å². The lowest BCUT2D eigenvalue weighted by Crippen LogP contribution is -2.40. The van der Waals surface area contributed by atoms with Crippen molar-refractivity contribution in [1.29, 1.82) is 0 Å². The Morgan fingerprint density at radius 3 is 2.70 bits per heavy atom. The Kier molecular flexibility index (Phi) is 7.16. The number of thioether (sulfide) groups is 1. The number of carbonyl (C=O) groups excluding carboxylic acids is 1. The number of hydrogen-bond acceptors (Lipinski definition) is 3. The highest BCUT2D eigenvalue weighted by molar-refractivity contribution is 7.99. The zero-order chi connectivity index (χ0) is 20.9. The van der Waals surface area contributed by atoms with Crippen molar-refractivity contribution in [2.45, 2.75) is 69.7 Å². The molecular weight excluding hydrogens is 388 g/mol. The summed E-state index contributed by atoms with van der Waals surface area (Å²) in [6.45, 7) is 6.21. The van der Waals surface area contributed by atoms with Gasteiger partial charge in [0.05, 0.1) is 0 Å². The van der Waals surface area contributed by atoms with E-state index in [0.717, 1.165) is 12.1 Å². The third kappa shape index (κ3) is 5.28. The minimum Gasteiger partial charge on any atom is -0.326 e. The molecule has 2 aliphatic rings. The molecule has 1 unspecified atom stereocenters. The van der Waals surface area contributed by atoms with E-state index in [1.165, 1.54) is 62.9 Å². The molecule has 2 aromatic rings. The number of rotatable bonds is 8. The van der Waals surface area contributed by atoms with E-state index in [1.54, 1.807) is 28.5 Å². The van der Waals surface area contributed by atoms with Crippen molar-refractivity contribution in [2.75, 3.05) is 24.2 Å². The van der Waals surface area contributed by atoms with E-state index in [-0.39, 0.29) is 5.91 Å². The van der Waals surface area contributed by atoms with E-state index in [1.807, 2.05) is 23.9 Å². The Hall–Kier alpha value is -1.78. The van der Waals surface area contributed by atoms with Gasteiger partial charge in [0.2, 0.25) is 5.91 Å². The molecule has 0 aromatic heterocycles. The number of anilines is 1. The third-order valence-electron chi connectivity index (χ3n) is 6.43. The average molecular weight is 423 g/mol. The minimum atomic E-state index is -0.0180. The molecule has 0 spiro atoms. The zero-order valence-corrected chi connectivity index (χ0v) is 19.2. The van der Waals surface area contributed by atoms with Crippen molar-refractivity contribution < 1.29 is 4.79 Å². The summed E-state index contributed by atoms with van der Waals surface area (Å²) in [6.07, 6.45) is 8.50. The van der Waals surface area contributed by atoms with Crippen LogP contribution in [0.2, 0.25) is 0 Å². The summed E-state index contributed by atoms with van der Waals surface area (Å²) in [5, 5.41) is 2.84. The number of benzene rings is 2. The Labute approximate surface area is 185 Å². The van der Waals surface area contributed by atoms with Gasteiger partial charge < -0.3 is 10.2 Å². The number of amides is 1. The lowest BCUT2D eigenvalue weighted by molar-refractivity contribution is -0.114. The number of nitrogens with zero attached hydrogens (tertiary/aromatic N) is 1. The Balaban J connectivity index is 1.33. The fourth-order valence-corrected chi connectivity index (χ4v) is 6.05. The maximum absolute atomic E-state index is 11.2. The van der Waals surface area contributed by atoms with E-state index in [9.17, 15) is 4.79 Å². The van der Waals surface area contributed by atoms with Crippen LogP contribution >= 0.6 is 11.8 Å². The van der Waals surface area contributed by atoms with Crippen LogP contribution in [-0.2, 0) is 30.5 Å². The quantitative estimate of drug-likeness (QED) is 0.610. The molecule has 0 saturated carbocycles. The molecule has 0 saturated heterocycles. The first kappa shape index (κ1) is 21.5. The van der Waals surface area contributed by atoms with Gasteiger partial charge in [0.15, 0.2) is 0 Å². The topological polar surface area (TPSA) is 32.3 Å². The fraction of sp³-hybridized carbons (Fsp3) is 0.500. The predicted molar refractivity (Wildman–Crippen MR) is 128 cm³/mol. The minimum absolute atomic E-state index is 0.0180. The Morgan fingerprint density at radius 1 is 1.10 bits per heavy atom. The van der Waals surface area contributed by atoms with Crippen LogP contribution in [0.25, 0.3) is 0 Å². The molecule has 1 aliphatic carbocycles. The molecule has 0 bridgehead atoms. The molecule has 3 nitrogen and oxygen atoms in total. The van der Waals surface area contributed by atoms with E-state index in [4.69, 9.17) is 0 Å². The molecule has 1 N–H and O–H groups in total. The van der Waals surface area contributed by atoms with Gasteiger partial charge in [-0.1, -0.05) is 25.1 Å². The van der Waals surface area contributed by atoms with Crippen molar-refractivity contribution >= 4 is 23.4 Å². The van der Waals surface area contributed by atoms with Crippen LogP contribution in [0.5, 0.6) is 0 Å². The molecule has 1 atom stereocenters. The van der Waals surface area contributed by atoms with E-state index in [0.29, 0.717) is 6.04 Å². The van der Waals surface area contributed by atoms with Gasteiger partial charge in [0, 0.05) is 29.3 Å². The molecular formula is C26H34N2OS. The van der Waals surface area contributed by atoms with Crippen LogP contribution in [0.1, 0.15) is 55.4 Å². The van der Waals surface area contributed by atoms with Gasteiger partial charge in [-0.2, -0.15) is 0 Å². The third-order valence-corrected chi connectivity index (χ3v) is 7.53. The largest absolute Gasteiger partial charge is 0.326 e. The van der Waals surface area contributed by atoms with Crippen molar-refractivity contribution in [3.8, 4) is 0 Å². The number of carbonyl (C=O) groups is 1. The molecule has 0 fully saturated rings. The van der Waals surface area contributed by atoms with Crippen LogP contribution in [-0.4, -0.2) is 35.7 Å². The number of nitrogens with one attached hydrogen (secondary N) is 1. The SMILES string of the molecule is CCCN(CCCc1ccc(NC(C)=O)cc1)C1CCc2cc3c(cc2C1)SCC3. The van der Waals surface area contributed by atoms with Crippen LogP contribution in [0.3, 0.4) is 0 Å². The lowest BCUT2D eigenvalue weighted by Gasteiger charge is -2.35. The Morgan fingerprint density at radius 2 is 1.93 bits per heavy atom. The molecule has 1 amide bonds. The molecule has 4 rings (SSSR count). The average Bonchev–Trinajstić information content (AvgIpc) is 3.19. The molecule has 1 aliphatic heterocycles. The van der Waals surface area contributed by atoms with Crippen LogP contribution in [0.15, 0.2) is 41.3 Å². The summed E-state index contributed by atoms with van der Waals surface area (Å²) in [6, 6.07) is 14.0.